The first-order chi connectivity index (χ1) is 13.3. The number of benzene rings is 1. The second-order valence-corrected chi connectivity index (χ2v) is 6.44. The first-order valence-corrected chi connectivity index (χ1v) is 9.02. The largest absolute Gasteiger partial charge is 0.466 e. The molecule has 28 heavy (non-hydrogen) atoms. The van der Waals surface area contributed by atoms with Crippen LogP contribution in [0.4, 0.5) is 5.69 Å². The summed E-state index contributed by atoms with van der Waals surface area (Å²) in [5.41, 5.74) is 6.71. The third-order valence-corrected chi connectivity index (χ3v) is 4.45. The molecule has 8 nitrogen and oxygen atoms in total. The van der Waals surface area contributed by atoms with Crippen molar-refractivity contribution in [1.82, 2.24) is 5.32 Å². The summed E-state index contributed by atoms with van der Waals surface area (Å²) >= 11 is 0. The lowest BCUT2D eigenvalue weighted by atomic mass is 10.0. The van der Waals surface area contributed by atoms with Crippen molar-refractivity contribution in [1.29, 1.82) is 5.41 Å². The highest BCUT2D eigenvalue weighted by Crippen LogP contribution is 2.27. The average molecular weight is 384 g/mol. The van der Waals surface area contributed by atoms with Crippen molar-refractivity contribution in [3.05, 3.63) is 29.8 Å². The Balaban J connectivity index is 1.92. The van der Waals surface area contributed by atoms with Crippen LogP contribution >= 0.6 is 0 Å². The zero-order valence-corrected chi connectivity index (χ0v) is 15.7. The summed E-state index contributed by atoms with van der Waals surface area (Å²) < 4.78 is 4.82. The minimum absolute atomic E-state index is 0.00185. The zero-order valence-electron chi connectivity index (χ0n) is 15.7. The van der Waals surface area contributed by atoms with Crippen molar-refractivity contribution in [3.63, 3.8) is 0 Å². The molecule has 0 aromatic heterocycles. The van der Waals surface area contributed by atoms with Gasteiger partial charge in [-0.25, -0.2) is 0 Å². The standard InChI is InChI=1S/C20H24N4O4/c1-3-15(12-18(26)28-4-2)23-17(25)11-14-9-10-24(20(14)27)16-7-5-13(6-8-16)19(21)22/h1,5-8,14-15H,4,9-12H2,2H3,(H3,21,22)(H,23,25)/t14?,15-/m1/s1. The molecule has 0 saturated carbocycles. The van der Waals surface area contributed by atoms with Crippen molar-refractivity contribution in [2.45, 2.75) is 32.2 Å². The van der Waals surface area contributed by atoms with E-state index in [0.29, 0.717) is 24.2 Å². The summed E-state index contributed by atoms with van der Waals surface area (Å²) in [6.45, 7) is 2.42. The lowest BCUT2D eigenvalue weighted by Crippen LogP contribution is -2.37. The van der Waals surface area contributed by atoms with Crippen LogP contribution in [0.2, 0.25) is 0 Å². The van der Waals surface area contributed by atoms with Gasteiger partial charge in [-0.1, -0.05) is 5.92 Å². The zero-order chi connectivity index (χ0) is 20.7. The van der Waals surface area contributed by atoms with E-state index in [-0.39, 0.29) is 37.1 Å². The summed E-state index contributed by atoms with van der Waals surface area (Å²) in [5, 5.41) is 10.0. The Morgan fingerprint density at radius 3 is 2.68 bits per heavy atom. The van der Waals surface area contributed by atoms with Crippen LogP contribution in [0.3, 0.4) is 0 Å². The number of carbonyl (C=O) groups excluding carboxylic acids is 3. The van der Waals surface area contributed by atoms with Crippen LogP contribution < -0.4 is 16.0 Å². The first-order valence-electron chi connectivity index (χ1n) is 9.02. The molecule has 1 unspecified atom stereocenters. The smallest absolute Gasteiger partial charge is 0.308 e. The van der Waals surface area contributed by atoms with Gasteiger partial charge in [0.05, 0.1) is 13.0 Å². The molecule has 0 spiro atoms. The van der Waals surface area contributed by atoms with Gasteiger partial charge >= 0.3 is 5.97 Å². The maximum absolute atomic E-state index is 12.6. The van der Waals surface area contributed by atoms with E-state index in [0.717, 1.165) is 0 Å². The highest BCUT2D eigenvalue weighted by Gasteiger charge is 2.34. The molecule has 1 aliphatic heterocycles. The minimum atomic E-state index is -0.765. The number of hydrogen-bond acceptors (Lipinski definition) is 5. The Hall–Kier alpha value is -3.34. The third-order valence-electron chi connectivity index (χ3n) is 4.45. The topological polar surface area (TPSA) is 126 Å². The van der Waals surface area contributed by atoms with E-state index in [1.54, 1.807) is 36.1 Å². The molecular formula is C20H24N4O4. The SMILES string of the molecule is C#C[C@H](CC(=O)OCC)NC(=O)CC1CCN(c2ccc(C(=N)N)cc2)C1=O. The number of amidine groups is 1. The predicted molar refractivity (Wildman–Crippen MR) is 105 cm³/mol. The molecule has 1 saturated heterocycles. The van der Waals surface area contributed by atoms with Crippen LogP contribution in [0.5, 0.6) is 0 Å². The Morgan fingerprint density at radius 1 is 1.43 bits per heavy atom. The summed E-state index contributed by atoms with van der Waals surface area (Å²) in [4.78, 5) is 38.0. The van der Waals surface area contributed by atoms with E-state index in [9.17, 15) is 14.4 Å². The average Bonchev–Trinajstić information content (AvgIpc) is 3.01. The summed E-state index contributed by atoms with van der Waals surface area (Å²) in [6.07, 6.45) is 5.80. The number of amides is 2. The van der Waals surface area contributed by atoms with Gasteiger partial charge in [-0.05, 0) is 37.6 Å². The van der Waals surface area contributed by atoms with Gasteiger partial charge in [-0.15, -0.1) is 6.42 Å². The first kappa shape index (κ1) is 21.0. The number of nitrogens with one attached hydrogen (secondary N) is 2. The van der Waals surface area contributed by atoms with E-state index in [4.69, 9.17) is 22.3 Å². The van der Waals surface area contributed by atoms with E-state index in [1.165, 1.54) is 0 Å². The Kier molecular flexibility index (Phi) is 7.15. The van der Waals surface area contributed by atoms with Gasteiger partial charge in [0.1, 0.15) is 11.9 Å². The molecule has 1 heterocycles. The van der Waals surface area contributed by atoms with Crippen LogP contribution in [0, 0.1) is 23.7 Å². The molecule has 4 N–H and O–H groups in total. The fourth-order valence-corrected chi connectivity index (χ4v) is 3.02. The van der Waals surface area contributed by atoms with Gasteiger partial charge < -0.3 is 20.7 Å². The van der Waals surface area contributed by atoms with Crippen LogP contribution in [0.1, 0.15) is 31.7 Å². The Labute approximate surface area is 163 Å². The van der Waals surface area contributed by atoms with Gasteiger partial charge in [-0.3, -0.25) is 19.8 Å². The van der Waals surface area contributed by atoms with Crippen LogP contribution in [0.15, 0.2) is 24.3 Å². The minimum Gasteiger partial charge on any atom is -0.466 e. The monoisotopic (exact) mass is 384 g/mol. The molecule has 148 valence electrons. The Bertz CT molecular complexity index is 797. The molecule has 2 atom stereocenters. The summed E-state index contributed by atoms with van der Waals surface area (Å²) in [5.74, 6) is 0.855. The maximum atomic E-state index is 12.6. The van der Waals surface area contributed by atoms with Crippen molar-refractivity contribution < 1.29 is 19.1 Å². The van der Waals surface area contributed by atoms with Gasteiger partial charge in [0.25, 0.3) is 0 Å². The number of esters is 1. The lowest BCUT2D eigenvalue weighted by molar-refractivity contribution is -0.143. The fourth-order valence-electron chi connectivity index (χ4n) is 3.02. The molecule has 2 amide bonds. The lowest BCUT2D eigenvalue weighted by Gasteiger charge is -2.18. The van der Waals surface area contributed by atoms with Crippen molar-refractivity contribution in [2.24, 2.45) is 11.7 Å². The Morgan fingerprint density at radius 2 is 2.11 bits per heavy atom. The molecule has 8 heteroatoms. The molecule has 1 aromatic carbocycles. The number of carbonyl (C=O) groups is 3. The number of ether oxygens (including phenoxy) is 1. The third kappa shape index (κ3) is 5.33. The van der Waals surface area contributed by atoms with E-state index < -0.39 is 17.9 Å². The molecule has 1 fully saturated rings. The number of anilines is 1. The second-order valence-electron chi connectivity index (χ2n) is 6.44. The molecular weight excluding hydrogens is 360 g/mol. The number of nitrogen functional groups attached to an aromatic ring is 1. The number of nitrogens with zero attached hydrogens (tertiary/aromatic N) is 1. The second kappa shape index (κ2) is 9.55. The molecule has 0 radical (unpaired) electrons. The number of terminal acetylenes is 1. The number of hydrogen-bond donors (Lipinski definition) is 3. The van der Waals surface area contributed by atoms with Crippen molar-refractivity contribution >= 4 is 29.3 Å². The van der Waals surface area contributed by atoms with E-state index in [2.05, 4.69) is 11.2 Å². The summed E-state index contributed by atoms with van der Waals surface area (Å²) in [6, 6.07) is 6.05. The summed E-state index contributed by atoms with van der Waals surface area (Å²) in [7, 11) is 0. The fraction of sp³-hybridized carbons (Fsp3) is 0.400. The number of nitrogens with two attached hydrogens (primary N) is 1. The highest BCUT2D eigenvalue weighted by atomic mass is 16.5. The van der Waals surface area contributed by atoms with Gasteiger partial charge in [0, 0.05) is 30.1 Å². The maximum Gasteiger partial charge on any atom is 0.308 e. The van der Waals surface area contributed by atoms with Crippen molar-refractivity contribution in [2.75, 3.05) is 18.1 Å². The van der Waals surface area contributed by atoms with Gasteiger partial charge in [-0.2, -0.15) is 0 Å². The predicted octanol–water partition coefficient (Wildman–Crippen LogP) is 0.785. The van der Waals surface area contributed by atoms with E-state index in [1.807, 2.05) is 0 Å². The van der Waals surface area contributed by atoms with Crippen LogP contribution in [-0.2, 0) is 19.1 Å². The normalized spacial score (nSPS) is 16.9. The molecule has 1 aliphatic rings. The van der Waals surface area contributed by atoms with Crippen LogP contribution in [-0.4, -0.2) is 42.8 Å². The van der Waals surface area contributed by atoms with Gasteiger partial charge in [0.2, 0.25) is 11.8 Å². The molecule has 0 aliphatic carbocycles. The molecule has 1 aromatic rings. The highest BCUT2D eigenvalue weighted by molar-refractivity contribution is 6.00. The quantitative estimate of drug-likeness (QED) is 0.264. The number of rotatable bonds is 8. The molecule has 0 bridgehead atoms. The van der Waals surface area contributed by atoms with Gasteiger partial charge in [0.15, 0.2) is 0 Å². The van der Waals surface area contributed by atoms with E-state index >= 15 is 0 Å². The van der Waals surface area contributed by atoms with Crippen molar-refractivity contribution in [3.8, 4) is 12.3 Å². The molecule has 2 rings (SSSR count). The van der Waals surface area contributed by atoms with Crippen LogP contribution in [0.25, 0.3) is 0 Å².